The Bertz CT molecular complexity index is 99.9. The van der Waals surface area contributed by atoms with E-state index in [1.165, 1.54) is 0 Å². The standard InChI is InChI=1S/C4H7ClN2/c1-7-3-6-2-4(7)5/h2,6H,3H2,1H3. The van der Waals surface area contributed by atoms with Crippen LogP contribution in [0.5, 0.6) is 0 Å². The van der Waals surface area contributed by atoms with E-state index in [1.54, 1.807) is 6.20 Å². The Labute approximate surface area is 47.8 Å². The number of rotatable bonds is 0. The van der Waals surface area contributed by atoms with Gasteiger partial charge >= 0.3 is 0 Å². The van der Waals surface area contributed by atoms with Crippen LogP contribution in [0, 0.1) is 0 Å². The van der Waals surface area contributed by atoms with E-state index in [2.05, 4.69) is 5.32 Å². The fraction of sp³-hybridized carbons (Fsp3) is 0.500. The van der Waals surface area contributed by atoms with Crippen molar-refractivity contribution in [2.45, 2.75) is 0 Å². The van der Waals surface area contributed by atoms with Crippen molar-refractivity contribution in [1.29, 1.82) is 0 Å². The minimum absolute atomic E-state index is 0.778. The highest BCUT2D eigenvalue weighted by Gasteiger charge is 2.03. The topological polar surface area (TPSA) is 15.3 Å². The summed E-state index contributed by atoms with van der Waals surface area (Å²) in [6.07, 6.45) is 1.78. The van der Waals surface area contributed by atoms with E-state index >= 15 is 0 Å². The minimum atomic E-state index is 0.778. The molecule has 7 heavy (non-hydrogen) atoms. The smallest absolute Gasteiger partial charge is 0.121 e. The van der Waals surface area contributed by atoms with Gasteiger partial charge in [-0.3, -0.25) is 0 Å². The van der Waals surface area contributed by atoms with Crippen molar-refractivity contribution in [3.8, 4) is 0 Å². The maximum atomic E-state index is 5.59. The van der Waals surface area contributed by atoms with Crippen molar-refractivity contribution in [1.82, 2.24) is 10.2 Å². The van der Waals surface area contributed by atoms with Crippen LogP contribution in [0.1, 0.15) is 0 Å². The maximum Gasteiger partial charge on any atom is 0.121 e. The van der Waals surface area contributed by atoms with Gasteiger partial charge in [-0.25, -0.2) is 0 Å². The molecule has 1 aliphatic heterocycles. The van der Waals surface area contributed by atoms with Gasteiger partial charge in [-0.15, -0.1) is 0 Å². The lowest BCUT2D eigenvalue weighted by molar-refractivity contribution is 0.463. The van der Waals surface area contributed by atoms with E-state index in [4.69, 9.17) is 11.6 Å². The Balaban J connectivity index is 2.54. The Morgan fingerprint density at radius 1 is 2.00 bits per heavy atom. The highest BCUT2D eigenvalue weighted by Crippen LogP contribution is 2.07. The van der Waals surface area contributed by atoms with Gasteiger partial charge < -0.3 is 10.2 Å². The van der Waals surface area contributed by atoms with Crippen LogP contribution in [-0.2, 0) is 0 Å². The largest absolute Gasteiger partial charge is 0.371 e. The lowest BCUT2D eigenvalue weighted by Gasteiger charge is -2.06. The first-order chi connectivity index (χ1) is 3.30. The third-order valence-corrected chi connectivity index (χ3v) is 1.31. The van der Waals surface area contributed by atoms with Gasteiger partial charge in [0.1, 0.15) is 5.16 Å². The molecule has 0 unspecified atom stereocenters. The fourth-order valence-corrected chi connectivity index (χ4v) is 0.589. The van der Waals surface area contributed by atoms with Gasteiger partial charge in [-0.05, 0) is 0 Å². The van der Waals surface area contributed by atoms with Crippen LogP contribution < -0.4 is 5.32 Å². The van der Waals surface area contributed by atoms with Gasteiger partial charge in [-0.1, -0.05) is 11.6 Å². The Morgan fingerprint density at radius 2 is 2.71 bits per heavy atom. The van der Waals surface area contributed by atoms with Gasteiger partial charge in [0.05, 0.1) is 6.67 Å². The molecule has 1 heterocycles. The van der Waals surface area contributed by atoms with E-state index in [-0.39, 0.29) is 0 Å². The first kappa shape index (κ1) is 4.78. The minimum Gasteiger partial charge on any atom is -0.371 e. The number of nitrogens with one attached hydrogen (secondary N) is 1. The molecule has 0 saturated carbocycles. The van der Waals surface area contributed by atoms with E-state index in [0.717, 1.165) is 11.8 Å². The van der Waals surface area contributed by atoms with Gasteiger partial charge in [0, 0.05) is 13.2 Å². The Hall–Kier alpha value is -0.370. The maximum absolute atomic E-state index is 5.59. The summed E-state index contributed by atoms with van der Waals surface area (Å²) in [5, 5.41) is 3.73. The predicted molar refractivity (Wildman–Crippen MR) is 29.7 cm³/mol. The summed E-state index contributed by atoms with van der Waals surface area (Å²) in [7, 11) is 1.93. The number of halogens is 1. The SMILES string of the molecule is CN1CNC=C1Cl. The summed E-state index contributed by atoms with van der Waals surface area (Å²) >= 11 is 5.59. The zero-order chi connectivity index (χ0) is 5.28. The van der Waals surface area contributed by atoms with Crippen molar-refractivity contribution in [3.05, 3.63) is 11.4 Å². The average Bonchev–Trinajstić information content (AvgIpc) is 1.91. The number of hydrogen-bond acceptors (Lipinski definition) is 2. The number of hydrogen-bond donors (Lipinski definition) is 1. The molecule has 0 saturated heterocycles. The second kappa shape index (κ2) is 1.62. The van der Waals surface area contributed by atoms with Crippen molar-refractivity contribution in [2.75, 3.05) is 13.7 Å². The molecule has 40 valence electrons. The molecule has 0 bridgehead atoms. The van der Waals surface area contributed by atoms with Gasteiger partial charge in [0.15, 0.2) is 0 Å². The highest BCUT2D eigenvalue weighted by atomic mass is 35.5. The van der Waals surface area contributed by atoms with Gasteiger partial charge in [0.2, 0.25) is 0 Å². The zero-order valence-corrected chi connectivity index (χ0v) is 4.87. The van der Waals surface area contributed by atoms with E-state index in [9.17, 15) is 0 Å². The van der Waals surface area contributed by atoms with Crippen molar-refractivity contribution in [3.63, 3.8) is 0 Å². The zero-order valence-electron chi connectivity index (χ0n) is 4.11. The summed E-state index contributed by atoms with van der Waals surface area (Å²) in [4.78, 5) is 1.92. The van der Waals surface area contributed by atoms with Crippen LogP contribution in [0.4, 0.5) is 0 Å². The molecule has 0 aromatic heterocycles. The summed E-state index contributed by atoms with van der Waals surface area (Å²) in [5.74, 6) is 0. The molecule has 0 aromatic rings. The summed E-state index contributed by atoms with van der Waals surface area (Å²) in [5.41, 5.74) is 0. The van der Waals surface area contributed by atoms with Crippen LogP contribution in [0.3, 0.4) is 0 Å². The lowest BCUT2D eigenvalue weighted by atomic mass is 10.8. The molecule has 0 fully saturated rings. The normalized spacial score (nSPS) is 19.1. The molecule has 2 nitrogen and oxygen atoms in total. The van der Waals surface area contributed by atoms with E-state index in [1.807, 2.05) is 11.9 Å². The van der Waals surface area contributed by atoms with E-state index < -0.39 is 0 Å². The molecular formula is C4H7ClN2. The molecule has 0 aromatic carbocycles. The molecule has 1 N–H and O–H groups in total. The summed E-state index contributed by atoms with van der Waals surface area (Å²) < 4.78 is 0. The van der Waals surface area contributed by atoms with Crippen LogP contribution in [0.15, 0.2) is 11.4 Å². The van der Waals surface area contributed by atoms with Crippen LogP contribution in [0.2, 0.25) is 0 Å². The molecule has 3 heteroatoms. The third-order valence-electron chi connectivity index (χ3n) is 0.914. The molecule has 0 amide bonds. The first-order valence-corrected chi connectivity index (χ1v) is 2.48. The molecule has 0 aliphatic carbocycles. The molecule has 0 spiro atoms. The van der Waals surface area contributed by atoms with Crippen LogP contribution in [0.25, 0.3) is 0 Å². The second-order valence-electron chi connectivity index (χ2n) is 1.53. The first-order valence-electron chi connectivity index (χ1n) is 2.11. The monoisotopic (exact) mass is 118 g/mol. The van der Waals surface area contributed by atoms with Crippen molar-refractivity contribution in [2.24, 2.45) is 0 Å². The molecule has 1 aliphatic rings. The van der Waals surface area contributed by atoms with E-state index in [0.29, 0.717) is 0 Å². The second-order valence-corrected chi connectivity index (χ2v) is 1.91. The quantitative estimate of drug-likeness (QED) is 0.467. The average molecular weight is 119 g/mol. The molecular weight excluding hydrogens is 112 g/mol. The van der Waals surface area contributed by atoms with Gasteiger partial charge in [-0.2, -0.15) is 0 Å². The summed E-state index contributed by atoms with van der Waals surface area (Å²) in [6, 6.07) is 0. The fourth-order valence-electron chi connectivity index (χ4n) is 0.453. The molecule has 0 radical (unpaired) electrons. The summed E-state index contributed by atoms with van der Waals surface area (Å²) in [6.45, 7) is 0.832. The Kier molecular flexibility index (Phi) is 1.11. The van der Waals surface area contributed by atoms with Gasteiger partial charge in [0.25, 0.3) is 0 Å². The van der Waals surface area contributed by atoms with Crippen molar-refractivity contribution < 1.29 is 0 Å². The predicted octanol–water partition coefficient (Wildman–Crippen LogP) is 0.517. The van der Waals surface area contributed by atoms with Crippen LogP contribution in [-0.4, -0.2) is 18.6 Å². The molecule has 0 atom stereocenters. The third kappa shape index (κ3) is 0.800. The molecule has 1 rings (SSSR count). The number of nitrogens with zero attached hydrogens (tertiary/aromatic N) is 1. The van der Waals surface area contributed by atoms with Crippen molar-refractivity contribution >= 4 is 11.6 Å². The lowest BCUT2D eigenvalue weighted by Crippen LogP contribution is -2.16. The Morgan fingerprint density at radius 3 is 2.86 bits per heavy atom. The highest BCUT2D eigenvalue weighted by molar-refractivity contribution is 6.29. The van der Waals surface area contributed by atoms with Crippen LogP contribution >= 0.6 is 11.6 Å².